The smallest absolute Gasteiger partial charge is 0.231 e. The molecule has 1 heterocycles. The van der Waals surface area contributed by atoms with Crippen LogP contribution in [0.1, 0.15) is 48.2 Å². The Morgan fingerprint density at radius 1 is 1.18 bits per heavy atom. The van der Waals surface area contributed by atoms with Crippen molar-refractivity contribution >= 4 is 23.5 Å². The minimum Gasteiger partial charge on any atom is -0.872 e. The molecule has 6 heteroatoms. The number of allylic oxidation sites excluding steroid dienone is 1. The summed E-state index contributed by atoms with van der Waals surface area (Å²) in [6.45, 7) is 6.55. The van der Waals surface area contributed by atoms with Gasteiger partial charge in [0.05, 0.1) is 23.7 Å². The lowest BCUT2D eigenvalue weighted by atomic mass is 10.0. The van der Waals surface area contributed by atoms with E-state index in [0.717, 1.165) is 25.9 Å². The Labute approximate surface area is 169 Å². The fourth-order valence-electron chi connectivity index (χ4n) is 3.50. The Bertz CT molecular complexity index is 900. The van der Waals surface area contributed by atoms with Crippen LogP contribution in [-0.4, -0.2) is 18.9 Å². The fourth-order valence-corrected chi connectivity index (χ4v) is 3.71. The molecular weight excluding hydrogens is 381 g/mol. The first-order chi connectivity index (χ1) is 13.5. The standard InChI is InChI=1S/C22H23ClFNO3/c1-3-10-25(11-4-2)13-16-19(26)9-8-14-21(27)20(28-22(14)16)12-15-17(23)6-5-7-18(15)24/h5-9,12,26H,3-4,10-11,13H2,1-2H3/b20-12-. The fraction of sp³-hybridized carbons (Fsp3) is 0.318. The van der Waals surface area contributed by atoms with Crippen LogP contribution in [0.25, 0.3) is 6.08 Å². The summed E-state index contributed by atoms with van der Waals surface area (Å²) in [5, 5.41) is 12.7. The van der Waals surface area contributed by atoms with Gasteiger partial charge in [-0.25, -0.2) is 4.39 Å². The third kappa shape index (κ3) is 4.05. The van der Waals surface area contributed by atoms with E-state index in [1.54, 1.807) is 6.07 Å². The molecule has 2 aromatic rings. The van der Waals surface area contributed by atoms with Crippen LogP contribution >= 0.6 is 11.6 Å². The number of benzene rings is 2. The zero-order valence-corrected chi connectivity index (χ0v) is 16.7. The summed E-state index contributed by atoms with van der Waals surface area (Å²) in [6.07, 6.45) is 3.29. The number of hydrogen-bond acceptors (Lipinski definition) is 3. The van der Waals surface area contributed by atoms with Gasteiger partial charge in [-0.05, 0) is 37.1 Å². The van der Waals surface area contributed by atoms with E-state index in [1.807, 2.05) is 0 Å². The van der Waals surface area contributed by atoms with Crippen molar-refractivity contribution in [3.63, 3.8) is 0 Å². The summed E-state index contributed by atoms with van der Waals surface area (Å²) in [5.41, 5.74) is 0.917. The highest BCUT2D eigenvalue weighted by Gasteiger charge is 2.31. The molecular formula is C22H23ClFNO3. The quantitative estimate of drug-likeness (QED) is 0.721. The maximum Gasteiger partial charge on any atom is 0.231 e. The number of quaternary nitrogens is 1. The van der Waals surface area contributed by atoms with Crippen molar-refractivity contribution < 1.29 is 23.9 Å². The van der Waals surface area contributed by atoms with Crippen LogP contribution in [0.4, 0.5) is 4.39 Å². The van der Waals surface area contributed by atoms with Crippen LogP contribution in [0.5, 0.6) is 11.5 Å². The van der Waals surface area contributed by atoms with Crippen molar-refractivity contribution in [1.29, 1.82) is 0 Å². The molecule has 0 aliphatic carbocycles. The molecule has 0 saturated heterocycles. The number of carbonyl (C=O) groups is 1. The molecule has 0 radical (unpaired) electrons. The molecule has 148 valence electrons. The second-order valence-electron chi connectivity index (χ2n) is 6.92. The summed E-state index contributed by atoms with van der Waals surface area (Å²) < 4.78 is 19.9. The van der Waals surface area contributed by atoms with Gasteiger partial charge < -0.3 is 14.7 Å². The lowest BCUT2D eigenvalue weighted by Gasteiger charge is -2.23. The van der Waals surface area contributed by atoms with E-state index >= 15 is 0 Å². The molecule has 1 N–H and O–H groups in total. The third-order valence-electron chi connectivity index (χ3n) is 4.81. The number of ketones is 1. The van der Waals surface area contributed by atoms with Crippen LogP contribution < -0.4 is 14.7 Å². The van der Waals surface area contributed by atoms with Gasteiger partial charge in [0.25, 0.3) is 0 Å². The number of halogens is 2. The van der Waals surface area contributed by atoms with E-state index < -0.39 is 5.82 Å². The topological polar surface area (TPSA) is 53.8 Å². The highest BCUT2D eigenvalue weighted by molar-refractivity contribution is 6.32. The van der Waals surface area contributed by atoms with Crippen LogP contribution in [0, 0.1) is 5.82 Å². The molecule has 0 saturated carbocycles. The van der Waals surface area contributed by atoms with E-state index in [-0.39, 0.29) is 27.9 Å². The van der Waals surface area contributed by atoms with E-state index in [0.29, 0.717) is 23.4 Å². The van der Waals surface area contributed by atoms with Crippen molar-refractivity contribution in [2.24, 2.45) is 0 Å². The molecule has 0 spiro atoms. The first-order valence-corrected chi connectivity index (χ1v) is 9.88. The monoisotopic (exact) mass is 403 g/mol. The number of Topliss-reactive ketones (excluding diaryl/α,β-unsaturated/α-hetero) is 1. The molecule has 0 unspecified atom stereocenters. The van der Waals surface area contributed by atoms with E-state index in [2.05, 4.69) is 13.8 Å². The molecule has 0 atom stereocenters. The second kappa shape index (κ2) is 8.76. The molecule has 0 bridgehead atoms. The van der Waals surface area contributed by atoms with Gasteiger partial charge in [-0.2, -0.15) is 0 Å². The van der Waals surface area contributed by atoms with E-state index in [1.165, 1.54) is 35.2 Å². The highest BCUT2D eigenvalue weighted by atomic mass is 35.5. The summed E-state index contributed by atoms with van der Waals surface area (Å²) in [4.78, 5) is 14.0. The number of fused-ring (bicyclic) bond motifs is 1. The molecule has 1 aliphatic rings. The largest absolute Gasteiger partial charge is 0.872 e. The maximum atomic E-state index is 14.1. The maximum absolute atomic E-state index is 14.1. The molecule has 28 heavy (non-hydrogen) atoms. The molecule has 0 aromatic heterocycles. The minimum absolute atomic E-state index is 0.0265. The average molecular weight is 404 g/mol. The number of ether oxygens (including phenoxy) is 1. The van der Waals surface area contributed by atoms with Gasteiger partial charge in [-0.1, -0.05) is 43.3 Å². The third-order valence-corrected chi connectivity index (χ3v) is 5.14. The van der Waals surface area contributed by atoms with Gasteiger partial charge in [0.1, 0.15) is 18.1 Å². The van der Waals surface area contributed by atoms with Crippen molar-refractivity contribution in [3.8, 4) is 11.5 Å². The Balaban J connectivity index is 1.98. The van der Waals surface area contributed by atoms with Gasteiger partial charge in [0, 0.05) is 11.1 Å². The van der Waals surface area contributed by atoms with Gasteiger partial charge in [-0.3, -0.25) is 4.79 Å². The van der Waals surface area contributed by atoms with E-state index in [4.69, 9.17) is 16.3 Å². The lowest BCUT2D eigenvalue weighted by Crippen LogP contribution is -3.10. The van der Waals surface area contributed by atoms with E-state index in [9.17, 15) is 14.3 Å². The lowest BCUT2D eigenvalue weighted by molar-refractivity contribution is -0.914. The average Bonchev–Trinajstić information content (AvgIpc) is 2.97. The normalized spacial score (nSPS) is 14.6. The van der Waals surface area contributed by atoms with Crippen molar-refractivity contribution in [2.75, 3.05) is 13.1 Å². The molecule has 4 nitrogen and oxygen atoms in total. The Morgan fingerprint density at radius 2 is 1.89 bits per heavy atom. The highest BCUT2D eigenvalue weighted by Crippen LogP contribution is 2.38. The van der Waals surface area contributed by atoms with Gasteiger partial charge >= 0.3 is 0 Å². The number of hydrogen-bond donors (Lipinski definition) is 1. The van der Waals surface area contributed by atoms with Crippen LogP contribution in [0.2, 0.25) is 5.02 Å². The predicted molar refractivity (Wildman–Crippen MR) is 105 cm³/mol. The van der Waals surface area contributed by atoms with Crippen molar-refractivity contribution in [3.05, 3.63) is 63.6 Å². The number of carbonyl (C=O) groups excluding carboxylic acids is 1. The molecule has 0 fully saturated rings. The summed E-state index contributed by atoms with van der Waals surface area (Å²) in [6, 6.07) is 7.19. The zero-order chi connectivity index (χ0) is 20.3. The first kappa shape index (κ1) is 20.4. The SMILES string of the molecule is CCC[NH+](CCC)Cc1c([O-])ccc2c1O/C(=C\c1c(F)cccc1Cl)C2=O. The summed E-state index contributed by atoms with van der Waals surface area (Å²) in [5.74, 6) is -0.801. The van der Waals surface area contributed by atoms with Gasteiger partial charge in [0.2, 0.25) is 5.78 Å². The van der Waals surface area contributed by atoms with Crippen LogP contribution in [0.3, 0.4) is 0 Å². The molecule has 0 amide bonds. The molecule has 2 aromatic carbocycles. The zero-order valence-electron chi connectivity index (χ0n) is 16.0. The predicted octanol–water partition coefficient (Wildman–Crippen LogP) is 3.37. The Kier molecular flexibility index (Phi) is 6.37. The van der Waals surface area contributed by atoms with Gasteiger partial charge in [0.15, 0.2) is 5.76 Å². The van der Waals surface area contributed by atoms with Gasteiger partial charge in [-0.15, -0.1) is 0 Å². The second-order valence-corrected chi connectivity index (χ2v) is 7.33. The van der Waals surface area contributed by atoms with Crippen molar-refractivity contribution in [2.45, 2.75) is 33.2 Å². The molecule has 1 aliphatic heterocycles. The minimum atomic E-state index is -0.543. The first-order valence-electron chi connectivity index (χ1n) is 9.50. The summed E-state index contributed by atoms with van der Waals surface area (Å²) >= 11 is 6.06. The van der Waals surface area contributed by atoms with Crippen molar-refractivity contribution in [1.82, 2.24) is 0 Å². The Hall–Kier alpha value is -2.37. The van der Waals surface area contributed by atoms with Crippen LogP contribution in [-0.2, 0) is 6.54 Å². The Morgan fingerprint density at radius 3 is 2.54 bits per heavy atom. The number of rotatable bonds is 7. The summed E-state index contributed by atoms with van der Waals surface area (Å²) in [7, 11) is 0. The molecule has 3 rings (SSSR count). The van der Waals surface area contributed by atoms with Crippen LogP contribution in [0.15, 0.2) is 36.1 Å². The number of nitrogens with one attached hydrogen (secondary N) is 1.